The summed E-state index contributed by atoms with van der Waals surface area (Å²) in [5, 5.41) is 3.65. The quantitative estimate of drug-likeness (QED) is 0.717. The number of hydrogen-bond donors (Lipinski definition) is 1. The van der Waals surface area contributed by atoms with Crippen molar-refractivity contribution in [3.8, 4) is 11.6 Å². The van der Waals surface area contributed by atoms with Crippen LogP contribution < -0.4 is 5.32 Å². The minimum Gasteiger partial charge on any atom is -0.461 e. The minimum atomic E-state index is 0.394. The number of rotatable bonds is 6. The van der Waals surface area contributed by atoms with Gasteiger partial charge in [0, 0.05) is 49.6 Å². The lowest BCUT2D eigenvalue weighted by Crippen LogP contribution is -2.33. The Labute approximate surface area is 165 Å². The lowest BCUT2D eigenvalue weighted by molar-refractivity contribution is 0.237. The fraction of sp³-hybridized carbons (Fsp3) is 0.391. The molecule has 2 aliphatic heterocycles. The summed E-state index contributed by atoms with van der Waals surface area (Å²) in [6, 6.07) is 14.6. The van der Waals surface area contributed by atoms with Crippen LogP contribution >= 0.6 is 0 Å². The van der Waals surface area contributed by atoms with Gasteiger partial charge in [-0.25, -0.2) is 9.97 Å². The van der Waals surface area contributed by atoms with Crippen LogP contribution in [0.2, 0.25) is 0 Å². The van der Waals surface area contributed by atoms with E-state index in [0.29, 0.717) is 17.0 Å². The molecule has 0 spiro atoms. The van der Waals surface area contributed by atoms with Crippen LogP contribution in [0.4, 0.5) is 0 Å². The Kier molecular flexibility index (Phi) is 4.71. The van der Waals surface area contributed by atoms with Crippen molar-refractivity contribution >= 4 is 0 Å². The molecule has 5 nitrogen and oxygen atoms in total. The zero-order valence-electron chi connectivity index (χ0n) is 16.1. The first kappa shape index (κ1) is 17.6. The highest BCUT2D eigenvalue weighted by molar-refractivity contribution is 5.45. The standard InChI is InChI=1S/C23H26N4O/c1-2-5-18(6-3-1)8-9-23-16-24-13-20(23)15-27(17-23)14-19-11-25-22(26-12-19)21-7-4-10-28-21/h1-7,10-12,20,24H,8-9,13-17H2. The number of nitrogens with one attached hydrogen (secondary N) is 1. The molecule has 0 saturated carbocycles. The summed E-state index contributed by atoms with van der Waals surface area (Å²) in [4.78, 5) is 11.6. The van der Waals surface area contributed by atoms with E-state index in [2.05, 4.69) is 50.5 Å². The van der Waals surface area contributed by atoms with Crippen molar-refractivity contribution in [1.82, 2.24) is 20.2 Å². The van der Waals surface area contributed by atoms with E-state index in [1.807, 2.05) is 24.5 Å². The molecule has 2 aromatic heterocycles. The van der Waals surface area contributed by atoms with Gasteiger partial charge in [-0.2, -0.15) is 0 Å². The zero-order chi connectivity index (χ0) is 18.8. The number of furan rings is 1. The van der Waals surface area contributed by atoms with E-state index in [9.17, 15) is 0 Å². The van der Waals surface area contributed by atoms with Crippen molar-refractivity contribution in [1.29, 1.82) is 0 Å². The molecular weight excluding hydrogens is 348 g/mol. The van der Waals surface area contributed by atoms with Gasteiger partial charge in [-0.15, -0.1) is 0 Å². The number of aromatic nitrogens is 2. The van der Waals surface area contributed by atoms with Crippen LogP contribution in [0.3, 0.4) is 0 Å². The predicted molar refractivity (Wildman–Crippen MR) is 109 cm³/mol. The Morgan fingerprint density at radius 2 is 1.93 bits per heavy atom. The maximum absolute atomic E-state index is 5.38. The van der Waals surface area contributed by atoms with Gasteiger partial charge < -0.3 is 9.73 Å². The molecule has 0 radical (unpaired) electrons. The summed E-state index contributed by atoms with van der Waals surface area (Å²) in [5.41, 5.74) is 3.01. The third-order valence-corrected chi connectivity index (χ3v) is 6.36. The molecule has 1 aromatic carbocycles. The monoisotopic (exact) mass is 374 g/mol. The molecule has 0 aliphatic carbocycles. The molecule has 2 fully saturated rings. The number of fused-ring (bicyclic) bond motifs is 1. The van der Waals surface area contributed by atoms with Gasteiger partial charge >= 0.3 is 0 Å². The number of aryl methyl sites for hydroxylation is 1. The number of nitrogens with zero attached hydrogens (tertiary/aromatic N) is 3. The summed E-state index contributed by atoms with van der Waals surface area (Å²) in [5.74, 6) is 2.10. The lowest BCUT2D eigenvalue weighted by atomic mass is 9.76. The Bertz CT molecular complexity index is 894. The molecule has 28 heavy (non-hydrogen) atoms. The van der Waals surface area contributed by atoms with Crippen molar-refractivity contribution in [2.24, 2.45) is 11.3 Å². The molecule has 144 valence electrons. The van der Waals surface area contributed by atoms with E-state index >= 15 is 0 Å². The highest BCUT2D eigenvalue weighted by Crippen LogP contribution is 2.43. The summed E-state index contributed by atoms with van der Waals surface area (Å²) in [6.45, 7) is 5.50. The van der Waals surface area contributed by atoms with E-state index in [1.54, 1.807) is 6.26 Å². The molecule has 5 heteroatoms. The van der Waals surface area contributed by atoms with Gasteiger partial charge in [-0.05, 0) is 43.0 Å². The number of hydrogen-bond acceptors (Lipinski definition) is 5. The number of likely N-dealkylation sites (tertiary alicyclic amines) is 1. The first-order valence-electron chi connectivity index (χ1n) is 10.1. The van der Waals surface area contributed by atoms with Crippen molar-refractivity contribution in [2.75, 3.05) is 26.2 Å². The average Bonchev–Trinajstić information content (AvgIpc) is 3.44. The number of benzene rings is 1. The van der Waals surface area contributed by atoms with Crippen molar-refractivity contribution < 1.29 is 4.42 Å². The van der Waals surface area contributed by atoms with Gasteiger partial charge in [-0.3, -0.25) is 4.90 Å². The van der Waals surface area contributed by atoms with Gasteiger partial charge in [0.2, 0.25) is 0 Å². The van der Waals surface area contributed by atoms with E-state index in [1.165, 1.54) is 17.5 Å². The van der Waals surface area contributed by atoms with Gasteiger partial charge in [0.05, 0.1) is 6.26 Å². The third-order valence-electron chi connectivity index (χ3n) is 6.36. The highest BCUT2D eigenvalue weighted by Gasteiger charge is 2.48. The lowest BCUT2D eigenvalue weighted by Gasteiger charge is -2.28. The second-order valence-electron chi connectivity index (χ2n) is 8.24. The van der Waals surface area contributed by atoms with E-state index in [4.69, 9.17) is 4.42 Å². The molecular formula is C23H26N4O. The fourth-order valence-electron chi connectivity index (χ4n) is 4.88. The predicted octanol–water partition coefficient (Wildman–Crippen LogP) is 3.39. The molecule has 1 N–H and O–H groups in total. The fourth-order valence-corrected chi connectivity index (χ4v) is 4.88. The summed E-state index contributed by atoms with van der Waals surface area (Å²) < 4.78 is 5.38. The minimum absolute atomic E-state index is 0.394. The van der Waals surface area contributed by atoms with E-state index < -0.39 is 0 Å². The van der Waals surface area contributed by atoms with Crippen molar-refractivity contribution in [3.63, 3.8) is 0 Å². The van der Waals surface area contributed by atoms with E-state index in [0.717, 1.165) is 45.1 Å². The topological polar surface area (TPSA) is 54.2 Å². The smallest absolute Gasteiger partial charge is 0.195 e. The molecule has 2 atom stereocenters. The zero-order valence-corrected chi connectivity index (χ0v) is 16.1. The molecule has 3 aromatic rings. The molecule has 4 heterocycles. The van der Waals surface area contributed by atoms with Gasteiger partial charge in [-0.1, -0.05) is 30.3 Å². The normalized spacial score (nSPS) is 24.5. The van der Waals surface area contributed by atoms with Crippen LogP contribution in [0.15, 0.2) is 65.5 Å². The average molecular weight is 374 g/mol. The second kappa shape index (κ2) is 7.49. The van der Waals surface area contributed by atoms with Crippen LogP contribution in [0.5, 0.6) is 0 Å². The maximum atomic E-state index is 5.38. The SMILES string of the molecule is c1ccc(CCC23CNCC2CN(Cc2cnc(-c4ccco4)nc2)C3)cc1. The molecule has 0 amide bonds. The Hall–Kier alpha value is -2.50. The largest absolute Gasteiger partial charge is 0.461 e. The van der Waals surface area contributed by atoms with Crippen LogP contribution in [0.1, 0.15) is 17.5 Å². The van der Waals surface area contributed by atoms with Gasteiger partial charge in [0.15, 0.2) is 11.6 Å². The van der Waals surface area contributed by atoms with Gasteiger partial charge in [0.1, 0.15) is 0 Å². The summed E-state index contributed by atoms with van der Waals surface area (Å²) in [7, 11) is 0. The Balaban J connectivity index is 1.24. The second-order valence-corrected chi connectivity index (χ2v) is 8.24. The van der Waals surface area contributed by atoms with Crippen LogP contribution in [0, 0.1) is 11.3 Å². The Morgan fingerprint density at radius 1 is 1.07 bits per heavy atom. The van der Waals surface area contributed by atoms with Crippen LogP contribution in [-0.4, -0.2) is 41.0 Å². The molecule has 0 bridgehead atoms. The first-order valence-corrected chi connectivity index (χ1v) is 10.1. The Morgan fingerprint density at radius 3 is 2.71 bits per heavy atom. The third kappa shape index (κ3) is 3.48. The molecule has 5 rings (SSSR count). The van der Waals surface area contributed by atoms with Crippen molar-refractivity contribution in [2.45, 2.75) is 19.4 Å². The summed E-state index contributed by atoms with van der Waals surface area (Å²) >= 11 is 0. The van der Waals surface area contributed by atoms with E-state index in [-0.39, 0.29) is 0 Å². The first-order chi connectivity index (χ1) is 13.8. The van der Waals surface area contributed by atoms with Crippen LogP contribution in [-0.2, 0) is 13.0 Å². The molecule has 2 unspecified atom stereocenters. The highest BCUT2D eigenvalue weighted by atomic mass is 16.3. The van der Waals surface area contributed by atoms with Gasteiger partial charge in [0.25, 0.3) is 0 Å². The molecule has 2 aliphatic rings. The van der Waals surface area contributed by atoms with Crippen LogP contribution in [0.25, 0.3) is 11.6 Å². The summed E-state index contributed by atoms with van der Waals surface area (Å²) in [6.07, 6.45) is 7.94. The van der Waals surface area contributed by atoms with Crippen molar-refractivity contribution in [3.05, 3.63) is 72.2 Å². The molecule has 2 saturated heterocycles. The maximum Gasteiger partial charge on any atom is 0.195 e.